The third-order valence-electron chi connectivity index (χ3n) is 2.64. The van der Waals surface area contributed by atoms with Crippen LogP contribution in [0.1, 0.15) is 27.2 Å². The second kappa shape index (κ2) is 5.16. The number of esters is 1. The lowest BCUT2D eigenvalue weighted by molar-refractivity contribution is -0.188. The highest BCUT2D eigenvalue weighted by molar-refractivity contribution is 5.81. The van der Waals surface area contributed by atoms with Crippen LogP contribution in [0.2, 0.25) is 0 Å². The Morgan fingerprint density at radius 3 is 2.25 bits per heavy atom. The maximum Gasteiger partial charge on any atom is 0.410 e. The zero-order valence-electron chi connectivity index (χ0n) is 11.9. The molecule has 116 valence electrons. The van der Waals surface area contributed by atoms with Crippen molar-refractivity contribution in [3.8, 4) is 0 Å². The van der Waals surface area contributed by atoms with Crippen molar-refractivity contribution in [2.24, 2.45) is 0 Å². The molecule has 1 saturated heterocycles. The maximum atomic E-state index is 13.6. The van der Waals surface area contributed by atoms with Crippen molar-refractivity contribution in [3.63, 3.8) is 0 Å². The molecule has 1 fully saturated rings. The summed E-state index contributed by atoms with van der Waals surface area (Å²) in [6.07, 6.45) is -2.11. The first-order valence-electron chi connectivity index (χ1n) is 6.05. The van der Waals surface area contributed by atoms with E-state index >= 15 is 0 Å². The minimum atomic E-state index is -3.40. The Kier molecular flexibility index (Phi) is 4.28. The topological polar surface area (TPSA) is 76.1 Å². The number of methoxy groups -OCH3 is 1. The number of carbonyl (C=O) groups is 2. The van der Waals surface area contributed by atoms with Crippen molar-refractivity contribution in [3.05, 3.63) is 0 Å². The van der Waals surface area contributed by atoms with Gasteiger partial charge in [-0.05, 0) is 20.8 Å². The summed E-state index contributed by atoms with van der Waals surface area (Å²) in [6, 6.07) is 0. The number of piperidine rings is 1. The molecular formula is C12H19F2NO5. The van der Waals surface area contributed by atoms with Crippen molar-refractivity contribution in [2.75, 3.05) is 20.2 Å². The lowest BCUT2D eigenvalue weighted by atomic mass is 9.90. The first kappa shape index (κ1) is 16.6. The first-order chi connectivity index (χ1) is 8.88. The van der Waals surface area contributed by atoms with Gasteiger partial charge in [-0.3, -0.25) is 4.90 Å². The molecule has 1 aliphatic heterocycles. The number of amides is 1. The molecule has 1 amide bonds. The molecule has 8 heteroatoms. The van der Waals surface area contributed by atoms with Gasteiger partial charge in [0, 0.05) is 0 Å². The molecular weight excluding hydrogens is 276 g/mol. The molecule has 1 unspecified atom stereocenters. The van der Waals surface area contributed by atoms with Crippen LogP contribution in [0.5, 0.6) is 0 Å². The molecule has 0 bridgehead atoms. The third kappa shape index (κ3) is 4.03. The predicted molar refractivity (Wildman–Crippen MR) is 64.3 cm³/mol. The van der Waals surface area contributed by atoms with E-state index in [1.165, 1.54) is 0 Å². The Bertz CT molecular complexity index is 407. The molecule has 1 rings (SSSR count). The fourth-order valence-corrected chi connectivity index (χ4v) is 1.97. The van der Waals surface area contributed by atoms with Gasteiger partial charge in [-0.25, -0.2) is 18.4 Å². The number of β-amino-alcohol motifs (C(OH)–C–C–N with tert-alkyl or cyclic N) is 1. The quantitative estimate of drug-likeness (QED) is 0.735. The van der Waals surface area contributed by atoms with E-state index in [4.69, 9.17) is 4.74 Å². The normalized spacial score (nSPS) is 26.1. The molecule has 0 spiro atoms. The lowest BCUT2D eigenvalue weighted by Crippen LogP contribution is -2.62. The summed E-state index contributed by atoms with van der Waals surface area (Å²) in [6.45, 7) is 3.24. The lowest BCUT2D eigenvalue weighted by Gasteiger charge is -2.41. The van der Waals surface area contributed by atoms with Gasteiger partial charge in [-0.15, -0.1) is 0 Å². The number of carbonyl (C=O) groups excluding carboxylic acids is 2. The van der Waals surface area contributed by atoms with Gasteiger partial charge in [0.1, 0.15) is 5.60 Å². The Balaban J connectivity index is 2.93. The number of halogens is 2. The Morgan fingerprint density at radius 2 is 1.80 bits per heavy atom. The Labute approximate surface area is 115 Å². The molecule has 1 heterocycles. The summed E-state index contributed by atoms with van der Waals surface area (Å²) in [5.41, 5.74) is -3.30. The van der Waals surface area contributed by atoms with Gasteiger partial charge >= 0.3 is 12.1 Å². The number of hydrogen-bond donors (Lipinski definition) is 1. The number of alkyl halides is 2. The zero-order valence-corrected chi connectivity index (χ0v) is 11.9. The number of nitrogens with zero attached hydrogens (tertiary/aromatic N) is 1. The van der Waals surface area contributed by atoms with Crippen molar-refractivity contribution in [2.45, 2.75) is 44.3 Å². The SMILES string of the molecule is COC(=O)C1(O)CN(C(=O)OC(C)(C)C)CC(F)(F)C1. The van der Waals surface area contributed by atoms with E-state index in [0.29, 0.717) is 4.90 Å². The summed E-state index contributed by atoms with van der Waals surface area (Å²) < 4.78 is 36.5. The van der Waals surface area contributed by atoms with Crippen LogP contribution in [0.4, 0.5) is 13.6 Å². The molecule has 20 heavy (non-hydrogen) atoms. The first-order valence-corrected chi connectivity index (χ1v) is 6.05. The zero-order chi connectivity index (χ0) is 15.8. The smallest absolute Gasteiger partial charge is 0.410 e. The summed E-state index contributed by atoms with van der Waals surface area (Å²) >= 11 is 0. The minimum Gasteiger partial charge on any atom is -0.467 e. The molecule has 6 nitrogen and oxygen atoms in total. The van der Waals surface area contributed by atoms with Crippen LogP contribution in [0.25, 0.3) is 0 Å². The van der Waals surface area contributed by atoms with Gasteiger partial charge in [-0.2, -0.15) is 0 Å². The molecule has 0 radical (unpaired) electrons. The van der Waals surface area contributed by atoms with E-state index in [1.54, 1.807) is 20.8 Å². The molecule has 1 aliphatic rings. The number of ether oxygens (including phenoxy) is 2. The summed E-state index contributed by atoms with van der Waals surface area (Å²) in [5.74, 6) is -4.61. The van der Waals surface area contributed by atoms with Crippen LogP contribution in [0.15, 0.2) is 0 Å². The van der Waals surface area contributed by atoms with E-state index in [-0.39, 0.29) is 0 Å². The highest BCUT2D eigenvalue weighted by Gasteiger charge is 2.54. The average molecular weight is 295 g/mol. The number of likely N-dealkylation sites (tertiary alicyclic amines) is 1. The van der Waals surface area contributed by atoms with Gasteiger partial charge in [-0.1, -0.05) is 0 Å². The van der Waals surface area contributed by atoms with Crippen LogP contribution in [-0.4, -0.2) is 59.4 Å². The predicted octanol–water partition coefficient (Wildman–Crippen LogP) is 1.17. The van der Waals surface area contributed by atoms with E-state index in [1.807, 2.05) is 0 Å². The Hall–Kier alpha value is -1.44. The van der Waals surface area contributed by atoms with Crippen molar-refractivity contribution in [1.29, 1.82) is 0 Å². The molecule has 1 atom stereocenters. The number of hydrogen-bond acceptors (Lipinski definition) is 5. The van der Waals surface area contributed by atoms with Gasteiger partial charge in [0.2, 0.25) is 0 Å². The minimum absolute atomic E-state index is 0.593. The second-order valence-electron chi connectivity index (χ2n) is 5.89. The summed E-state index contributed by atoms with van der Waals surface area (Å²) in [4.78, 5) is 23.9. The fraction of sp³-hybridized carbons (Fsp3) is 0.833. The van der Waals surface area contributed by atoms with Crippen molar-refractivity contribution in [1.82, 2.24) is 4.90 Å². The standard InChI is InChI=1S/C12H19F2NO5/c1-10(2,3)20-9(17)15-6-11(18,8(16)19-4)5-12(13,14)7-15/h18H,5-7H2,1-4H3. The highest BCUT2D eigenvalue weighted by atomic mass is 19.3. The van der Waals surface area contributed by atoms with E-state index in [9.17, 15) is 23.5 Å². The summed E-state index contributed by atoms with van der Waals surface area (Å²) in [7, 11) is 0.977. The van der Waals surface area contributed by atoms with Crippen LogP contribution >= 0.6 is 0 Å². The monoisotopic (exact) mass is 295 g/mol. The van der Waals surface area contributed by atoms with Gasteiger partial charge < -0.3 is 14.6 Å². The van der Waals surface area contributed by atoms with Gasteiger partial charge in [0.25, 0.3) is 5.92 Å². The largest absolute Gasteiger partial charge is 0.467 e. The average Bonchev–Trinajstić information content (AvgIpc) is 2.22. The Morgan fingerprint density at radius 1 is 1.25 bits per heavy atom. The van der Waals surface area contributed by atoms with Crippen LogP contribution in [0, 0.1) is 0 Å². The third-order valence-corrected chi connectivity index (χ3v) is 2.64. The van der Waals surface area contributed by atoms with Crippen molar-refractivity contribution >= 4 is 12.1 Å². The second-order valence-corrected chi connectivity index (χ2v) is 5.89. The molecule has 1 N–H and O–H groups in total. The fourth-order valence-electron chi connectivity index (χ4n) is 1.97. The van der Waals surface area contributed by atoms with Gasteiger partial charge in [0.05, 0.1) is 26.6 Å². The molecule has 0 aromatic rings. The van der Waals surface area contributed by atoms with E-state index in [0.717, 1.165) is 7.11 Å². The molecule has 0 saturated carbocycles. The molecule has 0 aromatic carbocycles. The van der Waals surface area contributed by atoms with Gasteiger partial charge in [0.15, 0.2) is 5.60 Å². The van der Waals surface area contributed by atoms with Crippen LogP contribution < -0.4 is 0 Å². The maximum absolute atomic E-state index is 13.6. The molecule has 0 aliphatic carbocycles. The van der Waals surface area contributed by atoms with Crippen LogP contribution in [-0.2, 0) is 14.3 Å². The number of aliphatic hydroxyl groups is 1. The van der Waals surface area contributed by atoms with E-state index < -0.39 is 48.7 Å². The summed E-state index contributed by atoms with van der Waals surface area (Å²) in [5, 5.41) is 9.99. The highest BCUT2D eigenvalue weighted by Crippen LogP contribution is 2.34. The van der Waals surface area contributed by atoms with Crippen molar-refractivity contribution < 1.29 is 33.0 Å². The molecule has 0 aromatic heterocycles. The van der Waals surface area contributed by atoms with E-state index in [2.05, 4.69) is 4.74 Å². The van der Waals surface area contributed by atoms with Crippen LogP contribution in [0.3, 0.4) is 0 Å². The number of rotatable bonds is 1.